The Morgan fingerprint density at radius 3 is 2.93 bits per heavy atom. The summed E-state index contributed by atoms with van der Waals surface area (Å²) in [5, 5.41) is 2.70. The van der Waals surface area contributed by atoms with Gasteiger partial charge in [-0.25, -0.2) is 0 Å². The van der Waals surface area contributed by atoms with E-state index in [1.165, 1.54) is 7.11 Å². The third-order valence-electron chi connectivity index (χ3n) is 2.44. The van der Waals surface area contributed by atoms with Crippen LogP contribution < -0.4 is 5.32 Å². The van der Waals surface area contributed by atoms with Crippen LogP contribution in [0.2, 0.25) is 0 Å². The van der Waals surface area contributed by atoms with Crippen molar-refractivity contribution in [1.29, 1.82) is 0 Å². The van der Waals surface area contributed by atoms with Crippen LogP contribution in [0.4, 0.5) is 0 Å². The van der Waals surface area contributed by atoms with Crippen LogP contribution in [0.5, 0.6) is 0 Å². The lowest BCUT2D eigenvalue weighted by Gasteiger charge is -2.07. The molecule has 1 unspecified atom stereocenters. The first-order valence-corrected chi connectivity index (χ1v) is 5.22. The van der Waals surface area contributed by atoms with Crippen LogP contribution in [0.25, 0.3) is 0 Å². The van der Waals surface area contributed by atoms with E-state index < -0.39 is 0 Å². The van der Waals surface area contributed by atoms with E-state index in [1.54, 1.807) is 0 Å². The molecule has 84 valence electrons. The summed E-state index contributed by atoms with van der Waals surface area (Å²) in [6.07, 6.45) is 7.08. The molecule has 0 aromatic rings. The molecule has 0 saturated heterocycles. The normalized spacial score (nSPS) is 18.9. The fourth-order valence-electron chi connectivity index (χ4n) is 1.58. The molecule has 0 fully saturated rings. The van der Waals surface area contributed by atoms with Crippen LogP contribution in [0, 0.1) is 5.92 Å². The molecule has 0 saturated carbocycles. The fourth-order valence-corrected chi connectivity index (χ4v) is 1.58. The van der Waals surface area contributed by atoms with Gasteiger partial charge in [-0.3, -0.25) is 9.59 Å². The largest absolute Gasteiger partial charge is 0.469 e. The lowest BCUT2D eigenvalue weighted by molar-refractivity contribution is -0.140. The summed E-state index contributed by atoms with van der Waals surface area (Å²) in [5.41, 5.74) is 0. The van der Waals surface area contributed by atoms with Gasteiger partial charge in [-0.1, -0.05) is 12.2 Å². The van der Waals surface area contributed by atoms with Crippen molar-refractivity contribution >= 4 is 11.9 Å². The number of carbonyl (C=O) groups excluding carboxylic acids is 2. The molecule has 1 rings (SSSR count). The van der Waals surface area contributed by atoms with Crippen LogP contribution in [0.3, 0.4) is 0 Å². The summed E-state index contributed by atoms with van der Waals surface area (Å²) >= 11 is 0. The number of esters is 1. The second-order valence-corrected chi connectivity index (χ2v) is 3.65. The van der Waals surface area contributed by atoms with Gasteiger partial charge in [0.15, 0.2) is 0 Å². The summed E-state index contributed by atoms with van der Waals surface area (Å²) in [4.78, 5) is 22.1. The predicted octanol–water partition coefficient (Wildman–Crippen LogP) is 1.02. The highest BCUT2D eigenvalue weighted by molar-refractivity contribution is 5.77. The number of amides is 1. The van der Waals surface area contributed by atoms with Gasteiger partial charge in [-0.15, -0.1) is 0 Å². The van der Waals surface area contributed by atoms with E-state index in [0.29, 0.717) is 18.9 Å². The lowest BCUT2D eigenvalue weighted by atomic mass is 10.1. The topological polar surface area (TPSA) is 55.4 Å². The standard InChI is InChI=1S/C11H17NO3/c1-15-11(14)6-7-12-10(13)8-9-4-2-3-5-9/h2,4,9H,3,5-8H2,1H3,(H,12,13). The van der Waals surface area contributed by atoms with Gasteiger partial charge in [0.1, 0.15) is 0 Å². The molecule has 1 N–H and O–H groups in total. The van der Waals surface area contributed by atoms with Crippen molar-refractivity contribution in [1.82, 2.24) is 5.32 Å². The minimum absolute atomic E-state index is 0.00968. The second-order valence-electron chi connectivity index (χ2n) is 3.65. The molecule has 0 bridgehead atoms. The number of carbonyl (C=O) groups is 2. The van der Waals surface area contributed by atoms with Crippen molar-refractivity contribution in [3.05, 3.63) is 12.2 Å². The van der Waals surface area contributed by atoms with Crippen LogP contribution in [0.15, 0.2) is 12.2 Å². The van der Waals surface area contributed by atoms with Gasteiger partial charge >= 0.3 is 5.97 Å². The van der Waals surface area contributed by atoms with Crippen molar-refractivity contribution in [2.75, 3.05) is 13.7 Å². The third kappa shape index (κ3) is 4.63. The van der Waals surface area contributed by atoms with E-state index in [-0.39, 0.29) is 18.3 Å². The van der Waals surface area contributed by atoms with Crippen LogP contribution >= 0.6 is 0 Å². The smallest absolute Gasteiger partial charge is 0.307 e. The molecule has 0 heterocycles. The number of methoxy groups -OCH3 is 1. The van der Waals surface area contributed by atoms with Crippen molar-refractivity contribution in [2.45, 2.75) is 25.7 Å². The van der Waals surface area contributed by atoms with Crippen molar-refractivity contribution in [3.8, 4) is 0 Å². The van der Waals surface area contributed by atoms with Gasteiger partial charge in [0, 0.05) is 13.0 Å². The predicted molar refractivity (Wildman–Crippen MR) is 56.1 cm³/mol. The summed E-state index contributed by atoms with van der Waals surface area (Å²) in [6, 6.07) is 0. The zero-order valence-corrected chi connectivity index (χ0v) is 8.99. The highest BCUT2D eigenvalue weighted by atomic mass is 16.5. The Bertz CT molecular complexity index is 261. The SMILES string of the molecule is COC(=O)CCNC(=O)CC1C=CCC1. The minimum atomic E-state index is -0.295. The van der Waals surface area contributed by atoms with Crippen LogP contribution in [-0.4, -0.2) is 25.5 Å². The highest BCUT2D eigenvalue weighted by Crippen LogP contribution is 2.19. The maximum absolute atomic E-state index is 11.4. The molecule has 1 aliphatic rings. The van der Waals surface area contributed by atoms with Gasteiger partial charge < -0.3 is 10.1 Å². The quantitative estimate of drug-likeness (QED) is 0.545. The number of hydrogen-bond donors (Lipinski definition) is 1. The van der Waals surface area contributed by atoms with E-state index in [1.807, 2.05) is 0 Å². The zero-order valence-electron chi connectivity index (χ0n) is 8.99. The molecular weight excluding hydrogens is 194 g/mol. The number of ether oxygens (including phenoxy) is 1. The number of rotatable bonds is 5. The Hall–Kier alpha value is -1.32. The molecule has 15 heavy (non-hydrogen) atoms. The van der Waals surface area contributed by atoms with Crippen molar-refractivity contribution < 1.29 is 14.3 Å². The van der Waals surface area contributed by atoms with E-state index in [0.717, 1.165) is 12.8 Å². The molecule has 1 amide bonds. The molecular formula is C11H17NO3. The van der Waals surface area contributed by atoms with Gasteiger partial charge in [0.25, 0.3) is 0 Å². The first-order chi connectivity index (χ1) is 7.22. The molecule has 4 heteroatoms. The molecule has 1 atom stereocenters. The Kier molecular flexibility index (Phi) is 4.87. The van der Waals surface area contributed by atoms with Gasteiger partial charge in [0.2, 0.25) is 5.91 Å². The maximum atomic E-state index is 11.4. The lowest BCUT2D eigenvalue weighted by Crippen LogP contribution is -2.27. The summed E-state index contributed by atoms with van der Waals surface area (Å²) < 4.78 is 4.46. The number of allylic oxidation sites excluding steroid dienone is 2. The minimum Gasteiger partial charge on any atom is -0.469 e. The number of hydrogen-bond acceptors (Lipinski definition) is 3. The van der Waals surface area contributed by atoms with E-state index >= 15 is 0 Å². The van der Waals surface area contributed by atoms with Gasteiger partial charge in [0.05, 0.1) is 13.5 Å². The van der Waals surface area contributed by atoms with Crippen molar-refractivity contribution in [2.24, 2.45) is 5.92 Å². The van der Waals surface area contributed by atoms with E-state index in [4.69, 9.17) is 0 Å². The average Bonchev–Trinajstić information content (AvgIpc) is 2.70. The third-order valence-corrected chi connectivity index (χ3v) is 2.44. The Morgan fingerprint density at radius 1 is 1.53 bits per heavy atom. The molecule has 0 aliphatic heterocycles. The first kappa shape index (κ1) is 11.8. The average molecular weight is 211 g/mol. The van der Waals surface area contributed by atoms with Crippen LogP contribution in [0.1, 0.15) is 25.7 Å². The van der Waals surface area contributed by atoms with E-state index in [2.05, 4.69) is 22.2 Å². The van der Waals surface area contributed by atoms with E-state index in [9.17, 15) is 9.59 Å². The Morgan fingerprint density at radius 2 is 2.33 bits per heavy atom. The summed E-state index contributed by atoms with van der Waals surface area (Å²) in [6.45, 7) is 0.363. The molecule has 1 aliphatic carbocycles. The zero-order chi connectivity index (χ0) is 11.1. The monoisotopic (exact) mass is 211 g/mol. The Balaban J connectivity index is 2.08. The molecule has 4 nitrogen and oxygen atoms in total. The summed E-state index contributed by atoms with van der Waals surface area (Å²) in [7, 11) is 1.34. The fraction of sp³-hybridized carbons (Fsp3) is 0.636. The molecule has 0 aromatic carbocycles. The molecule has 0 spiro atoms. The maximum Gasteiger partial charge on any atom is 0.307 e. The Labute approximate surface area is 89.7 Å². The number of nitrogens with one attached hydrogen (secondary N) is 1. The first-order valence-electron chi connectivity index (χ1n) is 5.22. The highest BCUT2D eigenvalue weighted by Gasteiger charge is 2.13. The molecule has 0 aromatic heterocycles. The van der Waals surface area contributed by atoms with Crippen LogP contribution in [-0.2, 0) is 14.3 Å². The summed E-state index contributed by atoms with van der Waals surface area (Å²) in [5.74, 6) is 0.0923. The second kappa shape index (κ2) is 6.22. The molecule has 0 radical (unpaired) electrons. The van der Waals surface area contributed by atoms with Crippen molar-refractivity contribution in [3.63, 3.8) is 0 Å². The van der Waals surface area contributed by atoms with Gasteiger partial charge in [-0.2, -0.15) is 0 Å². The van der Waals surface area contributed by atoms with Gasteiger partial charge in [-0.05, 0) is 18.8 Å².